The highest BCUT2D eigenvalue weighted by molar-refractivity contribution is 5.44. The van der Waals surface area contributed by atoms with Crippen molar-refractivity contribution in [2.24, 2.45) is 0 Å². The summed E-state index contributed by atoms with van der Waals surface area (Å²) < 4.78 is 11.5. The normalized spacial score (nSPS) is 28.6. The summed E-state index contributed by atoms with van der Waals surface area (Å²) in [6, 6.07) is 8.29. The van der Waals surface area contributed by atoms with Crippen LogP contribution in [0.4, 0.5) is 0 Å². The second kappa shape index (κ2) is 3.63. The van der Waals surface area contributed by atoms with Crippen LogP contribution in [-0.4, -0.2) is 19.8 Å². The lowest BCUT2D eigenvalue weighted by Crippen LogP contribution is -2.32. The summed E-state index contributed by atoms with van der Waals surface area (Å²) in [5.74, 6) is 1.01. The maximum atomic E-state index is 5.77. The van der Waals surface area contributed by atoms with E-state index in [4.69, 9.17) is 9.47 Å². The lowest BCUT2D eigenvalue weighted by atomic mass is 9.78. The van der Waals surface area contributed by atoms with Gasteiger partial charge in [0.05, 0.1) is 18.6 Å². The highest BCUT2D eigenvalue weighted by Crippen LogP contribution is 2.44. The summed E-state index contributed by atoms with van der Waals surface area (Å²) >= 11 is 0. The molecule has 84 valence electrons. The van der Waals surface area contributed by atoms with Gasteiger partial charge in [-0.1, -0.05) is 30.4 Å². The number of ether oxygens (including phenoxy) is 2. The van der Waals surface area contributed by atoms with Gasteiger partial charge in [-0.2, -0.15) is 0 Å². The molecule has 0 saturated carbocycles. The fourth-order valence-electron chi connectivity index (χ4n) is 2.69. The van der Waals surface area contributed by atoms with Crippen molar-refractivity contribution in [3.05, 3.63) is 42.0 Å². The first-order valence-electron chi connectivity index (χ1n) is 5.77. The first kappa shape index (κ1) is 9.91. The maximum absolute atomic E-state index is 5.77. The summed E-state index contributed by atoms with van der Waals surface area (Å²) in [5.41, 5.74) is 2.58. The molecule has 2 aliphatic heterocycles. The van der Waals surface area contributed by atoms with E-state index >= 15 is 0 Å². The van der Waals surface area contributed by atoms with Crippen molar-refractivity contribution in [2.75, 3.05) is 19.8 Å². The second-order valence-electron chi connectivity index (χ2n) is 4.79. The molecular weight excluding hydrogens is 200 g/mol. The smallest absolute Gasteiger partial charge is 0.123 e. The van der Waals surface area contributed by atoms with Crippen LogP contribution in [0.15, 0.2) is 36.4 Å². The summed E-state index contributed by atoms with van der Waals surface area (Å²) in [6.45, 7) is 6.41. The Labute approximate surface area is 95.9 Å². The average Bonchev–Trinajstić information content (AvgIpc) is 2.52. The highest BCUT2D eigenvalue weighted by Gasteiger charge is 2.42. The van der Waals surface area contributed by atoms with E-state index in [-0.39, 0.29) is 5.41 Å². The molecule has 0 radical (unpaired) electrons. The predicted molar refractivity (Wildman–Crippen MR) is 62.8 cm³/mol. The van der Waals surface area contributed by atoms with Gasteiger partial charge in [0.1, 0.15) is 12.4 Å². The third-order valence-corrected chi connectivity index (χ3v) is 3.53. The molecule has 1 fully saturated rings. The van der Waals surface area contributed by atoms with Gasteiger partial charge in [0, 0.05) is 5.56 Å². The van der Waals surface area contributed by atoms with E-state index in [9.17, 15) is 0 Å². The lowest BCUT2D eigenvalue weighted by Gasteiger charge is -2.25. The minimum absolute atomic E-state index is 0.0180. The Hall–Kier alpha value is -1.28. The molecule has 2 nitrogen and oxygen atoms in total. The fraction of sp³-hybridized carbons (Fsp3) is 0.429. The first-order valence-corrected chi connectivity index (χ1v) is 5.77. The largest absolute Gasteiger partial charge is 0.492 e. The average molecular weight is 216 g/mol. The van der Waals surface area contributed by atoms with Gasteiger partial charge in [0.15, 0.2) is 0 Å². The van der Waals surface area contributed by atoms with Crippen molar-refractivity contribution >= 4 is 0 Å². The molecule has 1 aromatic carbocycles. The number of fused-ring (bicyclic) bond motifs is 2. The van der Waals surface area contributed by atoms with Crippen LogP contribution < -0.4 is 4.74 Å². The highest BCUT2D eigenvalue weighted by atomic mass is 16.5. The lowest BCUT2D eigenvalue weighted by molar-refractivity contribution is 0.0872. The topological polar surface area (TPSA) is 18.5 Å². The van der Waals surface area contributed by atoms with Crippen molar-refractivity contribution in [1.29, 1.82) is 0 Å². The Kier molecular flexibility index (Phi) is 2.25. The number of hydrogen-bond donors (Lipinski definition) is 0. The van der Waals surface area contributed by atoms with Crippen LogP contribution in [0.3, 0.4) is 0 Å². The Balaban J connectivity index is 2.02. The van der Waals surface area contributed by atoms with Crippen molar-refractivity contribution < 1.29 is 9.47 Å². The standard InChI is InChI=1S/C14H16O2/c1-11-6-7-15-9-14(8-11)10-16-13-5-3-2-4-12(13)14/h2-5H,1,6-10H2. The second-order valence-corrected chi connectivity index (χ2v) is 4.79. The molecule has 0 N–H and O–H groups in total. The molecule has 1 spiro atoms. The molecule has 0 amide bonds. The van der Waals surface area contributed by atoms with Gasteiger partial charge < -0.3 is 9.47 Å². The summed E-state index contributed by atoms with van der Waals surface area (Å²) in [7, 11) is 0. The van der Waals surface area contributed by atoms with Gasteiger partial charge in [0.2, 0.25) is 0 Å². The van der Waals surface area contributed by atoms with E-state index in [1.54, 1.807) is 0 Å². The van der Waals surface area contributed by atoms with Gasteiger partial charge in [-0.05, 0) is 18.9 Å². The van der Waals surface area contributed by atoms with Crippen molar-refractivity contribution in [3.8, 4) is 5.75 Å². The Morgan fingerprint density at radius 3 is 3.00 bits per heavy atom. The monoisotopic (exact) mass is 216 g/mol. The number of para-hydroxylation sites is 1. The van der Waals surface area contributed by atoms with Gasteiger partial charge in [-0.25, -0.2) is 0 Å². The van der Waals surface area contributed by atoms with Crippen LogP contribution in [0, 0.1) is 0 Å². The minimum Gasteiger partial charge on any atom is -0.492 e. The van der Waals surface area contributed by atoms with Gasteiger partial charge in [-0.3, -0.25) is 0 Å². The van der Waals surface area contributed by atoms with E-state index in [1.165, 1.54) is 11.1 Å². The molecule has 0 bridgehead atoms. The molecule has 1 atom stereocenters. The molecule has 1 saturated heterocycles. The molecule has 0 aliphatic carbocycles. The Morgan fingerprint density at radius 2 is 2.06 bits per heavy atom. The van der Waals surface area contributed by atoms with E-state index in [2.05, 4.69) is 18.7 Å². The molecule has 1 unspecified atom stereocenters. The zero-order valence-electron chi connectivity index (χ0n) is 9.37. The van der Waals surface area contributed by atoms with Crippen LogP contribution in [-0.2, 0) is 10.2 Å². The van der Waals surface area contributed by atoms with Crippen LogP contribution >= 0.6 is 0 Å². The minimum atomic E-state index is 0.0180. The van der Waals surface area contributed by atoms with Gasteiger partial charge >= 0.3 is 0 Å². The summed E-state index contributed by atoms with van der Waals surface area (Å²) in [4.78, 5) is 0. The van der Waals surface area contributed by atoms with Crippen LogP contribution in [0.5, 0.6) is 5.75 Å². The van der Waals surface area contributed by atoms with Crippen LogP contribution in [0.25, 0.3) is 0 Å². The zero-order chi connectivity index (χ0) is 11.0. The number of benzene rings is 1. The molecule has 2 aliphatic rings. The zero-order valence-corrected chi connectivity index (χ0v) is 9.37. The molecule has 2 heteroatoms. The molecule has 0 aromatic heterocycles. The molecule has 16 heavy (non-hydrogen) atoms. The molecule has 2 heterocycles. The Morgan fingerprint density at radius 1 is 1.19 bits per heavy atom. The predicted octanol–water partition coefficient (Wildman–Crippen LogP) is 2.68. The molecule has 3 rings (SSSR count). The van der Waals surface area contributed by atoms with Gasteiger partial charge in [-0.15, -0.1) is 0 Å². The van der Waals surface area contributed by atoms with Gasteiger partial charge in [0.25, 0.3) is 0 Å². The van der Waals surface area contributed by atoms with E-state index in [0.29, 0.717) is 0 Å². The quantitative estimate of drug-likeness (QED) is 0.621. The van der Waals surface area contributed by atoms with E-state index in [0.717, 1.165) is 38.4 Å². The molecule has 1 aromatic rings. The summed E-state index contributed by atoms with van der Waals surface area (Å²) in [5, 5.41) is 0. The molecular formula is C14H16O2. The third-order valence-electron chi connectivity index (χ3n) is 3.53. The fourth-order valence-corrected chi connectivity index (χ4v) is 2.69. The maximum Gasteiger partial charge on any atom is 0.123 e. The van der Waals surface area contributed by atoms with E-state index in [1.807, 2.05) is 12.1 Å². The number of hydrogen-bond acceptors (Lipinski definition) is 2. The Bertz CT molecular complexity index is 424. The van der Waals surface area contributed by atoms with Crippen molar-refractivity contribution in [1.82, 2.24) is 0 Å². The SMILES string of the molecule is C=C1CCOCC2(COc3ccccc32)C1. The van der Waals surface area contributed by atoms with Crippen molar-refractivity contribution in [3.63, 3.8) is 0 Å². The van der Waals surface area contributed by atoms with E-state index < -0.39 is 0 Å². The number of rotatable bonds is 0. The third kappa shape index (κ3) is 1.45. The van der Waals surface area contributed by atoms with Crippen LogP contribution in [0.2, 0.25) is 0 Å². The summed E-state index contributed by atoms with van der Waals surface area (Å²) in [6.07, 6.45) is 1.97. The first-order chi connectivity index (χ1) is 7.80. The van der Waals surface area contributed by atoms with Crippen LogP contribution in [0.1, 0.15) is 18.4 Å². The van der Waals surface area contributed by atoms with Crippen molar-refractivity contribution in [2.45, 2.75) is 18.3 Å².